The van der Waals surface area contributed by atoms with Crippen LogP contribution in [0.15, 0.2) is 4.99 Å². The van der Waals surface area contributed by atoms with E-state index < -0.39 is 54.5 Å². The lowest BCUT2D eigenvalue weighted by Gasteiger charge is -2.25. The Labute approximate surface area is 192 Å². The van der Waals surface area contributed by atoms with E-state index in [1.807, 2.05) is 13.8 Å². The summed E-state index contributed by atoms with van der Waals surface area (Å²) in [6, 6.07) is -4.59. The van der Waals surface area contributed by atoms with E-state index in [0.717, 1.165) is 0 Å². The van der Waals surface area contributed by atoms with Gasteiger partial charge in [-0.1, -0.05) is 13.8 Å². The monoisotopic (exact) mass is 477 g/mol. The number of carbonyl (C=O) groups excluding carboxylic acids is 3. The Morgan fingerprint density at radius 3 is 1.97 bits per heavy atom. The summed E-state index contributed by atoms with van der Waals surface area (Å²) in [5.74, 6) is -3.64. The van der Waals surface area contributed by atoms with E-state index in [0.29, 0.717) is 6.42 Å². The lowest BCUT2D eigenvalue weighted by Crippen LogP contribution is -2.57. The van der Waals surface area contributed by atoms with Crippen LogP contribution in [-0.2, 0) is 19.2 Å². The highest BCUT2D eigenvalue weighted by Crippen LogP contribution is 2.08. The minimum Gasteiger partial charge on any atom is -0.480 e. The summed E-state index contributed by atoms with van der Waals surface area (Å²) < 4.78 is 0. The number of nitrogens with two attached hydrogens (primary N) is 3. The fraction of sp³-hybridized carbons (Fsp3) is 0.722. The number of aliphatic imine (C=N–C) groups is 1. The van der Waals surface area contributed by atoms with Crippen LogP contribution in [0.2, 0.25) is 0 Å². The molecule has 184 valence electrons. The zero-order valence-electron chi connectivity index (χ0n) is 18.3. The van der Waals surface area contributed by atoms with E-state index in [4.69, 9.17) is 27.4 Å². The van der Waals surface area contributed by atoms with Crippen LogP contribution in [0.1, 0.15) is 33.1 Å². The maximum atomic E-state index is 12.9. The van der Waals surface area contributed by atoms with Gasteiger partial charge in [-0.2, -0.15) is 12.6 Å². The first-order valence-corrected chi connectivity index (χ1v) is 10.7. The fourth-order valence-corrected chi connectivity index (χ4v) is 2.81. The van der Waals surface area contributed by atoms with Gasteiger partial charge in [0, 0.05) is 12.3 Å². The van der Waals surface area contributed by atoms with Gasteiger partial charge in [0.15, 0.2) is 5.96 Å². The summed E-state index contributed by atoms with van der Waals surface area (Å²) in [4.78, 5) is 52.6. The lowest BCUT2D eigenvalue weighted by molar-refractivity contribution is -0.141. The molecule has 0 aliphatic heterocycles. The molecular weight excluding hydrogens is 442 g/mol. The second-order valence-corrected chi connectivity index (χ2v) is 7.94. The van der Waals surface area contributed by atoms with Crippen molar-refractivity contribution in [2.75, 3.05) is 18.9 Å². The molecule has 0 saturated heterocycles. The summed E-state index contributed by atoms with van der Waals surface area (Å²) in [6.07, 6.45) is 0.671. The number of carbonyl (C=O) groups is 4. The molecule has 4 unspecified atom stereocenters. The van der Waals surface area contributed by atoms with Gasteiger partial charge in [-0.05, 0) is 25.2 Å². The molecule has 0 bridgehead atoms. The number of thiol groups is 1. The fourth-order valence-electron chi connectivity index (χ4n) is 2.57. The van der Waals surface area contributed by atoms with E-state index in [1.165, 1.54) is 0 Å². The van der Waals surface area contributed by atoms with Gasteiger partial charge >= 0.3 is 5.97 Å². The van der Waals surface area contributed by atoms with Gasteiger partial charge in [-0.25, -0.2) is 4.79 Å². The third kappa shape index (κ3) is 11.7. The molecule has 0 saturated carbocycles. The van der Waals surface area contributed by atoms with Crippen molar-refractivity contribution in [2.45, 2.75) is 57.3 Å². The predicted octanol–water partition coefficient (Wildman–Crippen LogP) is -3.13. The maximum absolute atomic E-state index is 12.9. The maximum Gasteiger partial charge on any atom is 0.327 e. The number of nitrogens with zero attached hydrogens (tertiary/aromatic N) is 1. The average Bonchev–Trinajstić information content (AvgIpc) is 2.71. The van der Waals surface area contributed by atoms with Crippen LogP contribution in [0, 0.1) is 5.92 Å². The third-order valence-corrected chi connectivity index (χ3v) is 4.61. The Bertz CT molecular complexity index is 672. The van der Waals surface area contributed by atoms with Crippen molar-refractivity contribution < 1.29 is 29.4 Å². The number of hydrogen-bond acceptors (Lipinski definition) is 8. The van der Waals surface area contributed by atoms with Crippen molar-refractivity contribution in [1.82, 2.24) is 16.0 Å². The van der Waals surface area contributed by atoms with Gasteiger partial charge in [0.05, 0.1) is 6.61 Å². The predicted molar refractivity (Wildman–Crippen MR) is 122 cm³/mol. The number of carboxylic acid groups (broad SMARTS) is 1. The molecule has 0 rings (SSSR count). The number of guanidine groups is 1. The van der Waals surface area contributed by atoms with Crippen LogP contribution in [0.5, 0.6) is 0 Å². The molecule has 0 aromatic heterocycles. The zero-order chi connectivity index (χ0) is 24.8. The number of nitrogens with one attached hydrogen (secondary N) is 3. The molecule has 0 spiro atoms. The third-order valence-electron chi connectivity index (χ3n) is 4.25. The Kier molecular flexibility index (Phi) is 14.0. The molecule has 0 aromatic carbocycles. The number of aliphatic carboxylic acids is 1. The number of rotatable bonds is 15. The average molecular weight is 478 g/mol. The molecule has 11 N–H and O–H groups in total. The first-order chi connectivity index (χ1) is 14.9. The van der Waals surface area contributed by atoms with Crippen molar-refractivity contribution in [2.24, 2.45) is 28.1 Å². The smallest absolute Gasteiger partial charge is 0.327 e. The largest absolute Gasteiger partial charge is 0.480 e. The SMILES string of the molecule is CC(C)CC(NC(=O)C(CCCN=C(N)N)NC(=O)C(N)CO)C(=O)NC(CS)C(=O)O. The quantitative estimate of drug-likeness (QED) is 0.0501. The number of carboxylic acids is 1. The number of aliphatic hydroxyl groups excluding tert-OH is 1. The van der Waals surface area contributed by atoms with Gasteiger partial charge in [0.1, 0.15) is 24.2 Å². The highest BCUT2D eigenvalue weighted by atomic mass is 32.1. The van der Waals surface area contributed by atoms with E-state index >= 15 is 0 Å². The normalized spacial score (nSPS) is 14.6. The highest BCUT2D eigenvalue weighted by molar-refractivity contribution is 7.80. The number of amides is 3. The summed E-state index contributed by atoms with van der Waals surface area (Å²) in [5, 5.41) is 25.5. The van der Waals surface area contributed by atoms with Gasteiger partial charge < -0.3 is 43.4 Å². The topological polar surface area (TPSA) is 235 Å². The molecule has 0 fully saturated rings. The van der Waals surface area contributed by atoms with Crippen LogP contribution in [0.4, 0.5) is 0 Å². The standard InChI is InChI=1S/C18H35N7O6S/c1-9(2)6-12(16(29)25-13(8-32)17(30)31)24-15(28)11(4-3-5-22-18(20)21)23-14(27)10(19)7-26/h9-13,26,32H,3-8,19H2,1-2H3,(H,23,27)(H,24,28)(H,25,29)(H,30,31)(H4,20,21,22). The van der Waals surface area contributed by atoms with Gasteiger partial charge in [-0.3, -0.25) is 19.4 Å². The van der Waals surface area contributed by atoms with E-state index in [2.05, 4.69) is 33.6 Å². The molecule has 0 heterocycles. The molecule has 0 aliphatic carbocycles. The minimum absolute atomic E-state index is 0.0111. The molecule has 0 aliphatic rings. The first-order valence-electron chi connectivity index (χ1n) is 10.1. The summed E-state index contributed by atoms with van der Waals surface area (Å²) >= 11 is 3.91. The van der Waals surface area contributed by atoms with Crippen LogP contribution < -0.4 is 33.2 Å². The van der Waals surface area contributed by atoms with E-state index in [9.17, 15) is 19.2 Å². The van der Waals surface area contributed by atoms with E-state index in [1.54, 1.807) is 0 Å². The Morgan fingerprint density at radius 1 is 0.969 bits per heavy atom. The number of hydrogen-bond donors (Lipinski definition) is 9. The van der Waals surface area contributed by atoms with Crippen LogP contribution >= 0.6 is 12.6 Å². The van der Waals surface area contributed by atoms with Crippen molar-refractivity contribution >= 4 is 42.3 Å². The summed E-state index contributed by atoms with van der Waals surface area (Å²) in [7, 11) is 0. The zero-order valence-corrected chi connectivity index (χ0v) is 19.2. The van der Waals surface area contributed by atoms with E-state index in [-0.39, 0.29) is 37.0 Å². The Balaban J connectivity index is 5.44. The summed E-state index contributed by atoms with van der Waals surface area (Å²) in [6.45, 7) is 3.24. The second kappa shape index (κ2) is 15.3. The Hall–Kier alpha value is -2.58. The van der Waals surface area contributed by atoms with Gasteiger partial charge in [0.2, 0.25) is 17.7 Å². The van der Waals surface area contributed by atoms with Gasteiger partial charge in [0.25, 0.3) is 0 Å². The molecule has 14 heteroatoms. The first kappa shape index (κ1) is 29.4. The summed E-state index contributed by atoms with van der Waals surface area (Å²) in [5.41, 5.74) is 16.0. The number of aliphatic hydroxyl groups is 1. The molecule has 0 radical (unpaired) electrons. The van der Waals surface area contributed by atoms with Crippen molar-refractivity contribution in [1.29, 1.82) is 0 Å². The van der Waals surface area contributed by atoms with Crippen LogP contribution in [0.3, 0.4) is 0 Å². The molecule has 0 aromatic rings. The Morgan fingerprint density at radius 2 is 1.50 bits per heavy atom. The molecular formula is C18H35N7O6S. The van der Waals surface area contributed by atoms with Gasteiger partial charge in [-0.15, -0.1) is 0 Å². The lowest BCUT2D eigenvalue weighted by atomic mass is 10.0. The second-order valence-electron chi connectivity index (χ2n) is 7.57. The van der Waals surface area contributed by atoms with Crippen LogP contribution in [0.25, 0.3) is 0 Å². The highest BCUT2D eigenvalue weighted by Gasteiger charge is 2.30. The van der Waals surface area contributed by atoms with Crippen molar-refractivity contribution in [3.05, 3.63) is 0 Å². The van der Waals surface area contributed by atoms with Crippen LogP contribution in [-0.4, -0.2) is 82.9 Å². The van der Waals surface area contributed by atoms with Crippen molar-refractivity contribution in [3.8, 4) is 0 Å². The minimum atomic E-state index is -1.26. The molecule has 32 heavy (non-hydrogen) atoms. The molecule has 13 nitrogen and oxygen atoms in total. The van der Waals surface area contributed by atoms with Crippen molar-refractivity contribution in [3.63, 3.8) is 0 Å². The molecule has 4 atom stereocenters. The molecule has 3 amide bonds.